The van der Waals surface area contributed by atoms with Gasteiger partial charge in [-0.1, -0.05) is 20.8 Å². The van der Waals surface area contributed by atoms with Gasteiger partial charge in [0.15, 0.2) is 0 Å². The Labute approximate surface area is 182 Å². The molecule has 1 heterocycles. The van der Waals surface area contributed by atoms with Crippen molar-refractivity contribution in [3.05, 3.63) is 29.8 Å². The average molecular weight is 434 g/mol. The highest BCUT2D eigenvalue weighted by Gasteiger charge is 2.33. The van der Waals surface area contributed by atoms with Crippen LogP contribution in [0, 0.1) is 5.92 Å². The molecule has 0 aliphatic carbocycles. The minimum absolute atomic E-state index is 0.0458. The number of carbonyl (C=O) groups is 4. The minimum Gasteiger partial charge on any atom is -0.465 e. The molecule has 1 aromatic carbocycles. The zero-order chi connectivity index (χ0) is 22.8. The molecular formula is C22H31N3O6. The number of hydrogen-bond donors (Lipinski definition) is 2. The lowest BCUT2D eigenvalue weighted by molar-refractivity contribution is -0.149. The topological polar surface area (TPSA) is 114 Å². The van der Waals surface area contributed by atoms with Crippen molar-refractivity contribution in [2.24, 2.45) is 5.92 Å². The van der Waals surface area contributed by atoms with E-state index >= 15 is 0 Å². The standard InChI is InChI=1S/C22H31N3O6/c1-4-11-30-22(29)16-5-7-17(8-6-16)24-19(26)13-25-10-9-23-21(28)18(25)12-20(27)31-14-15(2)3/h5-8,15,18H,4,9-14H2,1-3H3,(H,23,28)(H,24,26). The first-order chi connectivity index (χ1) is 14.8. The number of ether oxygens (including phenoxy) is 2. The number of carbonyl (C=O) groups excluding carboxylic acids is 4. The molecule has 0 radical (unpaired) electrons. The lowest BCUT2D eigenvalue weighted by atomic mass is 10.1. The van der Waals surface area contributed by atoms with Gasteiger partial charge in [-0.25, -0.2) is 4.79 Å². The van der Waals surface area contributed by atoms with Gasteiger partial charge in [0.1, 0.15) is 6.04 Å². The number of nitrogens with one attached hydrogen (secondary N) is 2. The predicted molar refractivity (Wildman–Crippen MR) is 114 cm³/mol. The van der Waals surface area contributed by atoms with E-state index in [1.807, 2.05) is 20.8 Å². The molecule has 1 aliphatic rings. The third-order valence-electron chi connectivity index (χ3n) is 4.57. The Hall–Kier alpha value is -2.94. The van der Waals surface area contributed by atoms with Crippen LogP contribution >= 0.6 is 0 Å². The average Bonchev–Trinajstić information content (AvgIpc) is 2.73. The van der Waals surface area contributed by atoms with Crippen molar-refractivity contribution in [2.45, 2.75) is 39.7 Å². The molecule has 0 aromatic heterocycles. The normalized spacial score (nSPS) is 16.5. The highest BCUT2D eigenvalue weighted by molar-refractivity contribution is 5.95. The number of rotatable bonds is 10. The van der Waals surface area contributed by atoms with E-state index in [2.05, 4.69) is 10.6 Å². The number of esters is 2. The van der Waals surface area contributed by atoms with E-state index in [0.717, 1.165) is 6.42 Å². The Morgan fingerprint density at radius 3 is 2.55 bits per heavy atom. The highest BCUT2D eigenvalue weighted by Crippen LogP contribution is 2.13. The first-order valence-corrected chi connectivity index (χ1v) is 10.5. The summed E-state index contributed by atoms with van der Waals surface area (Å²) in [6, 6.07) is 5.63. The molecule has 1 fully saturated rings. The second-order valence-corrected chi connectivity index (χ2v) is 7.82. The van der Waals surface area contributed by atoms with E-state index in [1.165, 1.54) is 0 Å². The number of nitrogens with zero attached hydrogens (tertiary/aromatic N) is 1. The second-order valence-electron chi connectivity index (χ2n) is 7.82. The largest absolute Gasteiger partial charge is 0.465 e. The molecule has 0 saturated carbocycles. The molecule has 0 spiro atoms. The van der Waals surface area contributed by atoms with Crippen LogP contribution in [0.1, 0.15) is 44.0 Å². The number of hydrogen-bond acceptors (Lipinski definition) is 7. The third-order valence-corrected chi connectivity index (χ3v) is 4.57. The summed E-state index contributed by atoms with van der Waals surface area (Å²) in [5.41, 5.74) is 0.922. The van der Waals surface area contributed by atoms with Crippen LogP contribution in [0.2, 0.25) is 0 Å². The van der Waals surface area contributed by atoms with Gasteiger partial charge in [0, 0.05) is 18.8 Å². The van der Waals surface area contributed by atoms with Crippen molar-refractivity contribution < 1.29 is 28.7 Å². The van der Waals surface area contributed by atoms with Crippen LogP contribution in [0.5, 0.6) is 0 Å². The molecule has 9 heteroatoms. The zero-order valence-electron chi connectivity index (χ0n) is 18.3. The van der Waals surface area contributed by atoms with Gasteiger partial charge in [0.2, 0.25) is 11.8 Å². The summed E-state index contributed by atoms with van der Waals surface area (Å²) in [7, 11) is 0. The maximum Gasteiger partial charge on any atom is 0.338 e. The fourth-order valence-corrected chi connectivity index (χ4v) is 3.00. The number of piperazine rings is 1. The van der Waals surface area contributed by atoms with Crippen LogP contribution < -0.4 is 10.6 Å². The zero-order valence-corrected chi connectivity index (χ0v) is 18.3. The van der Waals surface area contributed by atoms with Crippen molar-refractivity contribution in [3.63, 3.8) is 0 Å². The summed E-state index contributed by atoms with van der Waals surface area (Å²) in [6.45, 7) is 7.22. The lowest BCUT2D eigenvalue weighted by Gasteiger charge is -2.33. The fourth-order valence-electron chi connectivity index (χ4n) is 3.00. The van der Waals surface area contributed by atoms with Gasteiger partial charge >= 0.3 is 11.9 Å². The lowest BCUT2D eigenvalue weighted by Crippen LogP contribution is -2.57. The summed E-state index contributed by atoms with van der Waals surface area (Å²) in [6.07, 6.45) is 0.630. The molecule has 31 heavy (non-hydrogen) atoms. The van der Waals surface area contributed by atoms with E-state index in [4.69, 9.17) is 9.47 Å². The van der Waals surface area contributed by atoms with E-state index in [-0.39, 0.29) is 37.3 Å². The van der Waals surface area contributed by atoms with Crippen LogP contribution in [0.25, 0.3) is 0 Å². The van der Waals surface area contributed by atoms with Crippen molar-refractivity contribution in [2.75, 3.05) is 38.2 Å². The molecular weight excluding hydrogens is 402 g/mol. The summed E-state index contributed by atoms with van der Waals surface area (Å²) < 4.78 is 10.2. The van der Waals surface area contributed by atoms with E-state index in [9.17, 15) is 19.2 Å². The Balaban J connectivity index is 1.92. The van der Waals surface area contributed by atoms with Gasteiger partial charge in [-0.2, -0.15) is 0 Å². The molecule has 1 aliphatic heterocycles. The SMILES string of the molecule is CCCOC(=O)c1ccc(NC(=O)CN2CCNC(=O)C2CC(=O)OCC(C)C)cc1. The first-order valence-electron chi connectivity index (χ1n) is 10.5. The van der Waals surface area contributed by atoms with E-state index in [1.54, 1.807) is 29.2 Å². The quantitative estimate of drug-likeness (QED) is 0.539. The Kier molecular flexibility index (Phi) is 9.45. The molecule has 2 N–H and O–H groups in total. The summed E-state index contributed by atoms with van der Waals surface area (Å²) in [4.78, 5) is 50.3. The van der Waals surface area contributed by atoms with Crippen LogP contribution in [0.4, 0.5) is 5.69 Å². The number of anilines is 1. The van der Waals surface area contributed by atoms with Crippen LogP contribution in [0.15, 0.2) is 24.3 Å². The Morgan fingerprint density at radius 2 is 1.90 bits per heavy atom. The fraction of sp³-hybridized carbons (Fsp3) is 0.545. The molecule has 9 nitrogen and oxygen atoms in total. The van der Waals surface area contributed by atoms with Gasteiger partial charge in [-0.3, -0.25) is 19.3 Å². The maximum absolute atomic E-state index is 12.5. The number of benzene rings is 1. The summed E-state index contributed by atoms with van der Waals surface area (Å²) in [5, 5.41) is 5.47. The first kappa shape index (κ1) is 24.3. The minimum atomic E-state index is -0.755. The van der Waals surface area contributed by atoms with Crippen molar-refractivity contribution in [1.29, 1.82) is 0 Å². The van der Waals surface area contributed by atoms with E-state index < -0.39 is 18.0 Å². The van der Waals surface area contributed by atoms with Crippen LogP contribution in [-0.2, 0) is 23.9 Å². The van der Waals surface area contributed by atoms with Gasteiger partial charge in [-0.05, 0) is 36.6 Å². The van der Waals surface area contributed by atoms with Crippen molar-refractivity contribution in [3.8, 4) is 0 Å². The molecule has 1 atom stereocenters. The molecule has 0 bridgehead atoms. The predicted octanol–water partition coefficient (Wildman–Crippen LogP) is 1.58. The van der Waals surface area contributed by atoms with Crippen LogP contribution in [-0.4, -0.2) is 67.5 Å². The second kappa shape index (κ2) is 12.0. The van der Waals surface area contributed by atoms with Crippen molar-refractivity contribution in [1.82, 2.24) is 10.2 Å². The van der Waals surface area contributed by atoms with Crippen molar-refractivity contribution >= 4 is 29.4 Å². The molecule has 2 amide bonds. The van der Waals surface area contributed by atoms with Gasteiger partial charge in [0.25, 0.3) is 0 Å². The molecule has 2 rings (SSSR count). The van der Waals surface area contributed by atoms with Crippen LogP contribution in [0.3, 0.4) is 0 Å². The van der Waals surface area contributed by atoms with E-state index in [0.29, 0.717) is 30.9 Å². The Bertz CT molecular complexity index is 778. The van der Waals surface area contributed by atoms with Gasteiger partial charge < -0.3 is 20.1 Å². The summed E-state index contributed by atoms with van der Waals surface area (Å²) >= 11 is 0. The number of amides is 2. The smallest absolute Gasteiger partial charge is 0.338 e. The molecule has 1 aromatic rings. The van der Waals surface area contributed by atoms with Gasteiger partial charge in [0.05, 0.1) is 31.7 Å². The molecule has 1 unspecified atom stereocenters. The third kappa shape index (κ3) is 8.01. The summed E-state index contributed by atoms with van der Waals surface area (Å²) in [5.74, 6) is -1.30. The Morgan fingerprint density at radius 1 is 1.19 bits per heavy atom. The maximum atomic E-state index is 12.5. The molecule has 170 valence electrons. The molecule has 1 saturated heterocycles. The monoisotopic (exact) mass is 433 g/mol. The highest BCUT2D eigenvalue weighted by atomic mass is 16.5. The van der Waals surface area contributed by atoms with Gasteiger partial charge in [-0.15, -0.1) is 0 Å².